The summed E-state index contributed by atoms with van der Waals surface area (Å²) in [6.45, 7) is 1.08. The number of hydrogen-bond donors (Lipinski definition) is 1. The van der Waals surface area contributed by atoms with E-state index in [1.165, 1.54) is 12.0 Å². The third-order valence-electron chi connectivity index (χ3n) is 3.63. The molecule has 1 unspecified atom stereocenters. The lowest BCUT2D eigenvalue weighted by atomic mass is 10.0. The summed E-state index contributed by atoms with van der Waals surface area (Å²) in [4.78, 5) is 0. The second kappa shape index (κ2) is 5.05. The van der Waals surface area contributed by atoms with E-state index in [4.69, 9.17) is 4.74 Å². The quantitative estimate of drug-likeness (QED) is 0.918. The predicted molar refractivity (Wildman–Crippen MR) is 75.2 cm³/mol. The first-order chi connectivity index (χ1) is 9.28. The summed E-state index contributed by atoms with van der Waals surface area (Å²) >= 11 is 0. The van der Waals surface area contributed by atoms with Gasteiger partial charge in [0, 0.05) is 18.8 Å². The van der Waals surface area contributed by atoms with Crippen molar-refractivity contribution < 1.29 is 4.74 Å². The summed E-state index contributed by atoms with van der Waals surface area (Å²) in [5, 5.41) is 8.16. The highest BCUT2D eigenvalue weighted by Crippen LogP contribution is 2.32. The zero-order chi connectivity index (χ0) is 13.2. The first kappa shape index (κ1) is 12.2. The van der Waals surface area contributed by atoms with Crippen LogP contribution in [0.1, 0.15) is 24.6 Å². The highest BCUT2D eigenvalue weighted by Gasteiger charge is 2.23. The molecule has 2 heterocycles. The predicted octanol–water partition coefficient (Wildman–Crippen LogP) is 2.52. The van der Waals surface area contributed by atoms with Crippen LogP contribution in [0.5, 0.6) is 5.75 Å². The minimum Gasteiger partial charge on any atom is -0.497 e. The summed E-state index contributed by atoms with van der Waals surface area (Å²) in [6.07, 6.45) is 4.47. The van der Waals surface area contributed by atoms with Crippen molar-refractivity contribution in [3.8, 4) is 16.9 Å². The molecule has 4 nitrogen and oxygen atoms in total. The number of ether oxygens (including phenoxy) is 1. The van der Waals surface area contributed by atoms with E-state index in [0.717, 1.165) is 30.0 Å². The molecule has 3 rings (SSSR count). The fourth-order valence-corrected chi connectivity index (χ4v) is 2.69. The van der Waals surface area contributed by atoms with Crippen LogP contribution in [0.2, 0.25) is 0 Å². The number of aromatic nitrogens is 2. The molecule has 1 N–H and O–H groups in total. The van der Waals surface area contributed by atoms with Gasteiger partial charge in [0.25, 0.3) is 0 Å². The summed E-state index contributed by atoms with van der Waals surface area (Å²) in [5.74, 6) is 0.881. The van der Waals surface area contributed by atoms with E-state index in [1.807, 2.05) is 23.9 Å². The van der Waals surface area contributed by atoms with E-state index in [-0.39, 0.29) is 0 Å². The molecule has 1 aromatic carbocycles. The van der Waals surface area contributed by atoms with Crippen LogP contribution in [-0.4, -0.2) is 23.4 Å². The van der Waals surface area contributed by atoms with Crippen LogP contribution < -0.4 is 10.1 Å². The van der Waals surface area contributed by atoms with Crippen molar-refractivity contribution in [2.75, 3.05) is 13.7 Å². The Morgan fingerprint density at radius 3 is 3.05 bits per heavy atom. The maximum absolute atomic E-state index is 5.31. The first-order valence-corrected chi connectivity index (χ1v) is 6.69. The largest absolute Gasteiger partial charge is 0.497 e. The molecular formula is C15H19N3O. The second-order valence-corrected chi connectivity index (χ2v) is 4.98. The Labute approximate surface area is 113 Å². The lowest BCUT2D eigenvalue weighted by Gasteiger charge is -2.10. The smallest absolute Gasteiger partial charge is 0.119 e. The van der Waals surface area contributed by atoms with Gasteiger partial charge in [-0.1, -0.05) is 12.1 Å². The molecule has 1 atom stereocenters. The fraction of sp³-hybridized carbons (Fsp3) is 0.400. The molecule has 2 aromatic rings. The fourth-order valence-electron chi connectivity index (χ4n) is 2.69. The highest BCUT2D eigenvalue weighted by atomic mass is 16.5. The molecule has 0 saturated carbocycles. The maximum Gasteiger partial charge on any atom is 0.119 e. The van der Waals surface area contributed by atoms with Gasteiger partial charge < -0.3 is 10.1 Å². The van der Waals surface area contributed by atoms with Crippen LogP contribution in [0.25, 0.3) is 11.1 Å². The average Bonchev–Trinajstić information content (AvgIpc) is 3.07. The molecule has 0 radical (unpaired) electrons. The number of hydrogen-bond acceptors (Lipinski definition) is 3. The van der Waals surface area contributed by atoms with Gasteiger partial charge in [0.15, 0.2) is 0 Å². The van der Waals surface area contributed by atoms with Gasteiger partial charge in [-0.05, 0) is 37.1 Å². The Morgan fingerprint density at radius 1 is 1.42 bits per heavy atom. The van der Waals surface area contributed by atoms with Gasteiger partial charge in [-0.3, -0.25) is 4.68 Å². The van der Waals surface area contributed by atoms with Gasteiger partial charge in [-0.15, -0.1) is 0 Å². The normalized spacial score (nSPS) is 18.7. The minimum atomic E-state index is 0.377. The van der Waals surface area contributed by atoms with Crippen LogP contribution >= 0.6 is 0 Å². The maximum atomic E-state index is 5.31. The van der Waals surface area contributed by atoms with Crippen molar-refractivity contribution in [2.45, 2.75) is 18.9 Å². The molecular weight excluding hydrogens is 238 g/mol. The Kier molecular flexibility index (Phi) is 3.25. The molecule has 4 heteroatoms. The summed E-state index contributed by atoms with van der Waals surface area (Å²) < 4.78 is 7.20. The third kappa shape index (κ3) is 2.36. The molecule has 0 amide bonds. The van der Waals surface area contributed by atoms with Crippen LogP contribution in [0.3, 0.4) is 0 Å². The Morgan fingerprint density at radius 2 is 2.32 bits per heavy atom. The summed E-state index contributed by atoms with van der Waals surface area (Å²) in [5.41, 5.74) is 3.50. The van der Waals surface area contributed by atoms with Gasteiger partial charge in [-0.2, -0.15) is 5.10 Å². The van der Waals surface area contributed by atoms with Crippen LogP contribution in [0, 0.1) is 0 Å². The molecule has 1 saturated heterocycles. The van der Waals surface area contributed by atoms with Gasteiger partial charge in [0.1, 0.15) is 5.75 Å². The molecule has 1 aliphatic rings. The van der Waals surface area contributed by atoms with E-state index < -0.39 is 0 Å². The Balaban J connectivity index is 2.03. The minimum absolute atomic E-state index is 0.377. The lowest BCUT2D eigenvalue weighted by molar-refractivity contribution is 0.415. The molecule has 1 fully saturated rings. The zero-order valence-corrected chi connectivity index (χ0v) is 11.4. The van der Waals surface area contributed by atoms with E-state index in [2.05, 4.69) is 28.7 Å². The van der Waals surface area contributed by atoms with Crippen molar-refractivity contribution in [1.82, 2.24) is 15.1 Å². The summed E-state index contributed by atoms with van der Waals surface area (Å²) in [6, 6.07) is 8.54. The van der Waals surface area contributed by atoms with Crippen molar-refractivity contribution in [3.63, 3.8) is 0 Å². The standard InChI is InChI=1S/C15H19N3O/c1-18-10-13(11-5-3-6-12(9-11)19-2)15(17-18)14-7-4-8-16-14/h3,5-6,9-10,14,16H,4,7-8H2,1-2H3. The van der Waals surface area contributed by atoms with Crippen molar-refractivity contribution in [1.29, 1.82) is 0 Å². The third-order valence-corrected chi connectivity index (χ3v) is 3.63. The average molecular weight is 257 g/mol. The molecule has 0 bridgehead atoms. The first-order valence-electron chi connectivity index (χ1n) is 6.69. The van der Waals surface area contributed by atoms with Crippen molar-refractivity contribution in [2.24, 2.45) is 7.05 Å². The molecule has 0 spiro atoms. The number of nitrogens with zero attached hydrogens (tertiary/aromatic N) is 2. The van der Waals surface area contributed by atoms with Crippen molar-refractivity contribution in [3.05, 3.63) is 36.2 Å². The topological polar surface area (TPSA) is 39.1 Å². The van der Waals surface area contributed by atoms with Crippen LogP contribution in [0.15, 0.2) is 30.5 Å². The van der Waals surface area contributed by atoms with Crippen molar-refractivity contribution >= 4 is 0 Å². The van der Waals surface area contributed by atoms with Gasteiger partial charge in [0.2, 0.25) is 0 Å². The number of methoxy groups -OCH3 is 1. The molecule has 0 aliphatic carbocycles. The Hall–Kier alpha value is -1.81. The van der Waals surface area contributed by atoms with Crippen LogP contribution in [0.4, 0.5) is 0 Å². The highest BCUT2D eigenvalue weighted by molar-refractivity contribution is 5.67. The van der Waals surface area contributed by atoms with E-state index in [1.54, 1.807) is 7.11 Å². The van der Waals surface area contributed by atoms with E-state index in [0.29, 0.717) is 6.04 Å². The van der Waals surface area contributed by atoms with Crippen LogP contribution in [-0.2, 0) is 7.05 Å². The number of nitrogens with one attached hydrogen (secondary N) is 1. The van der Waals surface area contributed by atoms with Gasteiger partial charge in [0.05, 0.1) is 18.8 Å². The monoisotopic (exact) mass is 257 g/mol. The number of benzene rings is 1. The molecule has 1 aliphatic heterocycles. The molecule has 100 valence electrons. The van der Waals surface area contributed by atoms with Gasteiger partial charge in [-0.25, -0.2) is 0 Å². The molecule has 19 heavy (non-hydrogen) atoms. The lowest BCUT2D eigenvalue weighted by Crippen LogP contribution is -2.14. The second-order valence-electron chi connectivity index (χ2n) is 4.98. The van der Waals surface area contributed by atoms with E-state index in [9.17, 15) is 0 Å². The SMILES string of the molecule is COc1cccc(-c2cn(C)nc2C2CCCN2)c1. The number of rotatable bonds is 3. The van der Waals surface area contributed by atoms with E-state index >= 15 is 0 Å². The molecule has 1 aromatic heterocycles. The Bertz CT molecular complexity index is 571. The number of aryl methyl sites for hydroxylation is 1. The zero-order valence-electron chi connectivity index (χ0n) is 11.4. The summed E-state index contributed by atoms with van der Waals surface area (Å²) in [7, 11) is 3.67. The van der Waals surface area contributed by atoms with Gasteiger partial charge >= 0.3 is 0 Å².